The van der Waals surface area contributed by atoms with E-state index in [9.17, 15) is 9.90 Å². The van der Waals surface area contributed by atoms with Crippen LogP contribution in [0.15, 0.2) is 48.5 Å². The number of nitrogens with one attached hydrogen (secondary N) is 2. The second kappa shape index (κ2) is 8.41. The van der Waals surface area contributed by atoms with Gasteiger partial charge in [0.15, 0.2) is 0 Å². The molecule has 122 valence electrons. The van der Waals surface area contributed by atoms with Gasteiger partial charge in [0.05, 0.1) is 23.9 Å². The van der Waals surface area contributed by atoms with Crippen LogP contribution in [-0.4, -0.2) is 24.9 Å². The zero-order valence-corrected chi connectivity index (χ0v) is 13.5. The van der Waals surface area contributed by atoms with Crippen LogP contribution in [0.2, 0.25) is 5.02 Å². The van der Waals surface area contributed by atoms with E-state index in [2.05, 4.69) is 10.6 Å². The average molecular weight is 335 g/mol. The maximum Gasteiger partial charge on any atom is 0.319 e. The molecule has 0 unspecified atom stereocenters. The Balaban J connectivity index is 2.08. The number of hydrogen-bond donors (Lipinski definition) is 3. The second-order valence-electron chi connectivity index (χ2n) is 4.92. The summed E-state index contributed by atoms with van der Waals surface area (Å²) in [5.74, 6) is 0.597. The normalized spacial score (nSPS) is 11.6. The van der Waals surface area contributed by atoms with Crippen molar-refractivity contribution in [2.45, 2.75) is 12.5 Å². The fourth-order valence-corrected chi connectivity index (χ4v) is 2.35. The number of anilines is 1. The van der Waals surface area contributed by atoms with Crippen LogP contribution in [0.5, 0.6) is 5.75 Å². The van der Waals surface area contributed by atoms with Crippen molar-refractivity contribution < 1.29 is 14.6 Å². The molecule has 2 amide bonds. The summed E-state index contributed by atoms with van der Waals surface area (Å²) in [4.78, 5) is 12.2. The van der Waals surface area contributed by atoms with Crippen molar-refractivity contribution >= 4 is 23.3 Å². The Morgan fingerprint density at radius 1 is 1.26 bits per heavy atom. The maximum absolute atomic E-state index is 12.2. The number of ether oxygens (including phenoxy) is 1. The van der Waals surface area contributed by atoms with E-state index >= 15 is 0 Å². The Hall–Kier alpha value is -2.24. The van der Waals surface area contributed by atoms with E-state index in [0.717, 1.165) is 5.56 Å². The SMILES string of the molecule is COc1ccc(Cl)c(NC(=O)N[C@H](CCO)c2ccccc2)c1. The number of aliphatic hydroxyl groups is 1. The minimum Gasteiger partial charge on any atom is -0.497 e. The molecule has 6 heteroatoms. The number of urea groups is 1. The van der Waals surface area contributed by atoms with Gasteiger partial charge in [0.1, 0.15) is 5.75 Å². The summed E-state index contributed by atoms with van der Waals surface area (Å²) < 4.78 is 5.12. The van der Waals surface area contributed by atoms with Gasteiger partial charge in [0, 0.05) is 12.7 Å². The number of benzene rings is 2. The van der Waals surface area contributed by atoms with Gasteiger partial charge in [-0.05, 0) is 24.1 Å². The Labute approximate surface area is 140 Å². The van der Waals surface area contributed by atoms with E-state index in [4.69, 9.17) is 16.3 Å². The third kappa shape index (κ3) is 4.87. The lowest BCUT2D eigenvalue weighted by atomic mass is 10.0. The molecule has 0 heterocycles. The minimum atomic E-state index is -0.401. The van der Waals surface area contributed by atoms with Crippen molar-refractivity contribution in [3.8, 4) is 5.75 Å². The van der Waals surface area contributed by atoms with E-state index in [0.29, 0.717) is 22.9 Å². The van der Waals surface area contributed by atoms with Gasteiger partial charge in [-0.1, -0.05) is 41.9 Å². The highest BCUT2D eigenvalue weighted by Crippen LogP contribution is 2.26. The van der Waals surface area contributed by atoms with Gasteiger partial charge < -0.3 is 20.5 Å². The largest absolute Gasteiger partial charge is 0.497 e. The van der Waals surface area contributed by atoms with Crippen LogP contribution < -0.4 is 15.4 Å². The third-order valence-corrected chi connectivity index (χ3v) is 3.68. The Morgan fingerprint density at radius 3 is 2.65 bits per heavy atom. The number of carbonyl (C=O) groups is 1. The molecule has 0 aromatic heterocycles. The topological polar surface area (TPSA) is 70.6 Å². The number of aliphatic hydroxyl groups excluding tert-OH is 1. The van der Waals surface area contributed by atoms with Crippen LogP contribution in [0, 0.1) is 0 Å². The molecule has 0 radical (unpaired) electrons. The summed E-state index contributed by atoms with van der Waals surface area (Å²) in [6.45, 7) is -0.0280. The highest BCUT2D eigenvalue weighted by molar-refractivity contribution is 6.33. The number of amides is 2. The van der Waals surface area contributed by atoms with Gasteiger partial charge in [-0.3, -0.25) is 0 Å². The van der Waals surface area contributed by atoms with Crippen molar-refractivity contribution in [2.75, 3.05) is 19.0 Å². The van der Waals surface area contributed by atoms with E-state index in [1.807, 2.05) is 30.3 Å². The van der Waals surface area contributed by atoms with Crippen molar-refractivity contribution in [3.63, 3.8) is 0 Å². The molecule has 0 bridgehead atoms. The van der Waals surface area contributed by atoms with Crippen molar-refractivity contribution in [1.82, 2.24) is 5.32 Å². The van der Waals surface area contributed by atoms with Gasteiger partial charge in [-0.15, -0.1) is 0 Å². The molecule has 0 saturated carbocycles. The molecule has 5 nitrogen and oxygen atoms in total. The van der Waals surface area contributed by atoms with Crippen LogP contribution in [0.4, 0.5) is 10.5 Å². The number of hydrogen-bond acceptors (Lipinski definition) is 3. The molecular weight excluding hydrogens is 316 g/mol. The van der Waals surface area contributed by atoms with Crippen LogP contribution in [0.3, 0.4) is 0 Å². The molecule has 2 aromatic carbocycles. The number of carbonyl (C=O) groups excluding carboxylic acids is 1. The molecule has 0 aliphatic heterocycles. The molecule has 0 aliphatic rings. The lowest BCUT2D eigenvalue weighted by Gasteiger charge is -2.19. The minimum absolute atomic E-state index is 0.0280. The molecular formula is C17H19ClN2O3. The molecule has 0 aliphatic carbocycles. The van der Waals surface area contributed by atoms with Crippen LogP contribution in [-0.2, 0) is 0 Å². The van der Waals surface area contributed by atoms with Crippen molar-refractivity contribution in [1.29, 1.82) is 0 Å². The smallest absolute Gasteiger partial charge is 0.319 e. The summed E-state index contributed by atoms with van der Waals surface area (Å²) >= 11 is 6.07. The van der Waals surface area contributed by atoms with Gasteiger partial charge in [-0.2, -0.15) is 0 Å². The van der Waals surface area contributed by atoms with Gasteiger partial charge in [0.2, 0.25) is 0 Å². The van der Waals surface area contributed by atoms with Crippen molar-refractivity contribution in [2.24, 2.45) is 0 Å². The summed E-state index contributed by atoms with van der Waals surface area (Å²) in [6.07, 6.45) is 0.420. The Kier molecular flexibility index (Phi) is 6.26. The third-order valence-electron chi connectivity index (χ3n) is 3.35. The lowest BCUT2D eigenvalue weighted by molar-refractivity contribution is 0.239. The fourth-order valence-electron chi connectivity index (χ4n) is 2.18. The van der Waals surface area contributed by atoms with Gasteiger partial charge in [-0.25, -0.2) is 4.79 Å². The lowest BCUT2D eigenvalue weighted by Crippen LogP contribution is -2.33. The number of methoxy groups -OCH3 is 1. The second-order valence-corrected chi connectivity index (χ2v) is 5.33. The highest BCUT2D eigenvalue weighted by atomic mass is 35.5. The number of rotatable bonds is 6. The van der Waals surface area contributed by atoms with Gasteiger partial charge >= 0.3 is 6.03 Å². The summed E-state index contributed by atoms with van der Waals surface area (Å²) in [7, 11) is 1.54. The zero-order valence-electron chi connectivity index (χ0n) is 12.8. The van der Waals surface area contributed by atoms with Crippen molar-refractivity contribution in [3.05, 3.63) is 59.1 Å². The molecule has 0 fully saturated rings. The van der Waals surface area contributed by atoms with E-state index in [1.54, 1.807) is 25.3 Å². The quantitative estimate of drug-likeness (QED) is 0.756. The Bertz CT molecular complexity index is 650. The zero-order chi connectivity index (χ0) is 16.7. The summed E-state index contributed by atoms with van der Waals surface area (Å²) in [5.41, 5.74) is 1.38. The van der Waals surface area contributed by atoms with Gasteiger partial charge in [0.25, 0.3) is 0 Å². The van der Waals surface area contributed by atoms with Crippen LogP contribution >= 0.6 is 11.6 Å². The molecule has 0 saturated heterocycles. The molecule has 0 spiro atoms. The first-order chi connectivity index (χ1) is 11.1. The molecule has 3 N–H and O–H groups in total. The predicted molar refractivity (Wildman–Crippen MR) is 91.0 cm³/mol. The maximum atomic E-state index is 12.2. The van der Waals surface area contributed by atoms with E-state index in [-0.39, 0.29) is 12.6 Å². The fraction of sp³-hybridized carbons (Fsp3) is 0.235. The first-order valence-electron chi connectivity index (χ1n) is 7.21. The summed E-state index contributed by atoms with van der Waals surface area (Å²) in [5, 5.41) is 15.2. The monoisotopic (exact) mass is 334 g/mol. The van der Waals surface area contributed by atoms with Crippen LogP contribution in [0.1, 0.15) is 18.0 Å². The molecule has 1 atom stereocenters. The number of halogens is 1. The van der Waals surface area contributed by atoms with Crippen LogP contribution in [0.25, 0.3) is 0 Å². The predicted octanol–water partition coefficient (Wildman–Crippen LogP) is 3.59. The molecule has 2 aromatic rings. The standard InChI is InChI=1S/C17H19ClN2O3/c1-23-13-7-8-14(18)16(11-13)20-17(22)19-15(9-10-21)12-5-3-2-4-6-12/h2-8,11,15,21H,9-10H2,1H3,(H2,19,20,22)/t15-/m1/s1. The Morgan fingerprint density at radius 2 is 2.00 bits per heavy atom. The molecule has 2 rings (SSSR count). The molecule has 23 heavy (non-hydrogen) atoms. The summed E-state index contributed by atoms with van der Waals surface area (Å²) in [6, 6.07) is 13.8. The average Bonchev–Trinajstić information content (AvgIpc) is 2.57. The van der Waals surface area contributed by atoms with E-state index in [1.165, 1.54) is 0 Å². The van der Waals surface area contributed by atoms with E-state index < -0.39 is 6.03 Å². The highest BCUT2D eigenvalue weighted by Gasteiger charge is 2.15. The first kappa shape index (κ1) is 17.1. The first-order valence-corrected chi connectivity index (χ1v) is 7.58.